The number of ether oxygens (including phenoxy) is 1. The number of hydrogen-bond acceptors (Lipinski definition) is 5. The van der Waals surface area contributed by atoms with Crippen molar-refractivity contribution in [1.29, 1.82) is 0 Å². The summed E-state index contributed by atoms with van der Waals surface area (Å²) in [4.78, 5) is 0. The van der Waals surface area contributed by atoms with Crippen LogP contribution in [0.4, 0.5) is 0 Å². The molecule has 1 rings (SSSR count). The Bertz CT molecular complexity index is 264. The number of rotatable bonds is 8. The third-order valence-electron chi connectivity index (χ3n) is 4.54. The van der Waals surface area contributed by atoms with E-state index in [-0.39, 0.29) is 11.3 Å². The highest BCUT2D eigenvalue weighted by Crippen LogP contribution is 2.42. The summed E-state index contributed by atoms with van der Waals surface area (Å²) in [6, 6.07) is 1.14. The lowest BCUT2D eigenvalue weighted by Gasteiger charge is -2.48. The molecule has 0 aromatic rings. The van der Waals surface area contributed by atoms with Crippen molar-refractivity contribution >= 4 is 8.56 Å². The highest BCUT2D eigenvalue weighted by atomic mass is 28.4. The van der Waals surface area contributed by atoms with Gasteiger partial charge in [0.1, 0.15) is 5.22 Å². The predicted molar refractivity (Wildman–Crippen MR) is 79.1 cm³/mol. The summed E-state index contributed by atoms with van der Waals surface area (Å²) in [5, 5.41) is -0.263. The second kappa shape index (κ2) is 7.71. The van der Waals surface area contributed by atoms with Crippen LogP contribution in [-0.2, 0) is 13.6 Å². The maximum Gasteiger partial charge on any atom is 0.370 e. The Hall–Kier alpha value is 0.0169. The molecular formula is C13H30N2O3Si. The van der Waals surface area contributed by atoms with E-state index in [1.807, 2.05) is 0 Å². The van der Waals surface area contributed by atoms with Crippen LogP contribution in [-0.4, -0.2) is 47.7 Å². The summed E-state index contributed by atoms with van der Waals surface area (Å²) in [6.45, 7) is 0.637. The van der Waals surface area contributed by atoms with Crippen LogP contribution in [0, 0.1) is 0 Å². The minimum absolute atomic E-state index is 0.138. The molecule has 1 fully saturated rings. The Morgan fingerprint density at radius 3 is 2.37 bits per heavy atom. The van der Waals surface area contributed by atoms with Crippen molar-refractivity contribution < 1.29 is 13.6 Å². The third kappa shape index (κ3) is 3.56. The van der Waals surface area contributed by atoms with E-state index in [4.69, 9.17) is 25.1 Å². The molecule has 1 saturated heterocycles. The smallest absolute Gasteiger partial charge is 0.370 e. The molecule has 0 amide bonds. The van der Waals surface area contributed by atoms with E-state index < -0.39 is 8.56 Å². The highest BCUT2D eigenvalue weighted by Gasteiger charge is 2.58. The summed E-state index contributed by atoms with van der Waals surface area (Å²) >= 11 is 0. The molecule has 2 atom stereocenters. The van der Waals surface area contributed by atoms with Crippen LogP contribution in [0.2, 0.25) is 6.04 Å². The lowest BCUT2D eigenvalue weighted by molar-refractivity contribution is -0.0168. The SMILES string of the molecule is COC1(CCC(N)CCN)CCCC[Si]1(OC)OC. The second-order valence-corrected chi connectivity index (χ2v) is 9.18. The Balaban J connectivity index is 2.79. The summed E-state index contributed by atoms with van der Waals surface area (Å²) in [6.07, 6.45) is 6.00. The number of nitrogens with two attached hydrogens (primary N) is 2. The molecular weight excluding hydrogens is 260 g/mol. The molecule has 0 radical (unpaired) electrons. The van der Waals surface area contributed by atoms with Crippen LogP contribution >= 0.6 is 0 Å². The molecule has 0 aromatic heterocycles. The molecule has 0 saturated carbocycles. The Morgan fingerprint density at radius 1 is 1.16 bits per heavy atom. The van der Waals surface area contributed by atoms with Gasteiger partial charge in [-0.3, -0.25) is 0 Å². The van der Waals surface area contributed by atoms with E-state index >= 15 is 0 Å². The van der Waals surface area contributed by atoms with Crippen LogP contribution in [0.15, 0.2) is 0 Å². The van der Waals surface area contributed by atoms with E-state index in [2.05, 4.69) is 0 Å². The van der Waals surface area contributed by atoms with Gasteiger partial charge in [-0.05, 0) is 38.3 Å². The van der Waals surface area contributed by atoms with Crippen molar-refractivity contribution in [2.24, 2.45) is 11.5 Å². The maximum absolute atomic E-state index is 6.08. The Labute approximate surface area is 118 Å². The van der Waals surface area contributed by atoms with Crippen LogP contribution in [0.1, 0.15) is 38.5 Å². The van der Waals surface area contributed by atoms with Gasteiger partial charge in [-0.15, -0.1) is 0 Å². The zero-order chi connectivity index (χ0) is 14.4. The first kappa shape index (κ1) is 17.1. The predicted octanol–water partition coefficient (Wildman–Crippen LogP) is 1.29. The van der Waals surface area contributed by atoms with E-state index in [1.54, 1.807) is 21.3 Å². The summed E-state index contributed by atoms with van der Waals surface area (Å²) in [7, 11) is 2.99. The molecule has 5 nitrogen and oxygen atoms in total. The zero-order valence-corrected chi connectivity index (χ0v) is 13.6. The van der Waals surface area contributed by atoms with Crippen LogP contribution in [0.25, 0.3) is 0 Å². The monoisotopic (exact) mass is 290 g/mol. The van der Waals surface area contributed by atoms with E-state index in [9.17, 15) is 0 Å². The first-order chi connectivity index (χ1) is 9.09. The van der Waals surface area contributed by atoms with Crippen molar-refractivity contribution in [3.63, 3.8) is 0 Å². The number of hydrogen-bond donors (Lipinski definition) is 2. The number of methoxy groups -OCH3 is 1. The van der Waals surface area contributed by atoms with Crippen molar-refractivity contribution in [2.75, 3.05) is 27.9 Å². The summed E-state index contributed by atoms with van der Waals surface area (Å²) in [5.41, 5.74) is 11.6. The summed E-state index contributed by atoms with van der Waals surface area (Å²) < 4.78 is 17.6. The quantitative estimate of drug-likeness (QED) is 0.658. The molecule has 1 aliphatic rings. The topological polar surface area (TPSA) is 79.7 Å². The first-order valence-corrected chi connectivity index (χ1v) is 9.23. The summed E-state index contributed by atoms with van der Waals surface area (Å²) in [5.74, 6) is 0. The van der Waals surface area contributed by atoms with Gasteiger partial charge in [0.15, 0.2) is 0 Å². The van der Waals surface area contributed by atoms with Gasteiger partial charge in [-0.25, -0.2) is 0 Å². The molecule has 19 heavy (non-hydrogen) atoms. The molecule has 1 aliphatic heterocycles. The van der Waals surface area contributed by atoms with Crippen molar-refractivity contribution in [2.45, 2.75) is 55.8 Å². The molecule has 1 heterocycles. The molecule has 0 aliphatic carbocycles. The van der Waals surface area contributed by atoms with Gasteiger partial charge in [0.25, 0.3) is 0 Å². The fourth-order valence-corrected chi connectivity index (χ4v) is 7.18. The van der Waals surface area contributed by atoms with Crippen molar-refractivity contribution in [3.8, 4) is 0 Å². The average molecular weight is 290 g/mol. The minimum Gasteiger partial charge on any atom is -0.396 e. The third-order valence-corrected chi connectivity index (χ3v) is 8.96. The Morgan fingerprint density at radius 2 is 1.84 bits per heavy atom. The van der Waals surface area contributed by atoms with E-state index in [0.29, 0.717) is 6.54 Å². The van der Waals surface area contributed by atoms with Crippen LogP contribution in [0.5, 0.6) is 0 Å². The average Bonchev–Trinajstić information content (AvgIpc) is 2.45. The lowest BCUT2D eigenvalue weighted by Crippen LogP contribution is -2.65. The molecule has 4 N–H and O–H groups in total. The van der Waals surface area contributed by atoms with Gasteiger partial charge in [0.2, 0.25) is 0 Å². The standard InChI is InChI=1S/C13H30N2O3Si/c1-16-13(9-6-12(15)7-10-14)8-4-5-11-19(13,17-2)18-3/h12H,4-11,14-15H2,1-3H3. The van der Waals surface area contributed by atoms with Gasteiger partial charge >= 0.3 is 8.56 Å². The minimum atomic E-state index is -2.31. The van der Waals surface area contributed by atoms with Gasteiger partial charge in [-0.2, -0.15) is 0 Å². The lowest BCUT2D eigenvalue weighted by atomic mass is 10.0. The van der Waals surface area contributed by atoms with Gasteiger partial charge < -0.3 is 25.1 Å². The molecule has 0 spiro atoms. The molecule has 0 bridgehead atoms. The van der Waals surface area contributed by atoms with Crippen molar-refractivity contribution in [1.82, 2.24) is 0 Å². The van der Waals surface area contributed by atoms with E-state index in [0.717, 1.165) is 38.1 Å². The molecule has 114 valence electrons. The second-order valence-electron chi connectivity index (χ2n) is 5.44. The molecule has 6 heteroatoms. The molecule has 0 aromatic carbocycles. The van der Waals surface area contributed by atoms with Crippen molar-refractivity contribution in [3.05, 3.63) is 0 Å². The molecule has 2 unspecified atom stereocenters. The largest absolute Gasteiger partial charge is 0.396 e. The fourth-order valence-electron chi connectivity index (χ4n) is 3.30. The van der Waals surface area contributed by atoms with Gasteiger partial charge in [0.05, 0.1) is 0 Å². The van der Waals surface area contributed by atoms with Gasteiger partial charge in [0, 0.05) is 27.4 Å². The Kier molecular flexibility index (Phi) is 6.92. The maximum atomic E-state index is 6.08. The fraction of sp³-hybridized carbons (Fsp3) is 1.00. The van der Waals surface area contributed by atoms with Crippen LogP contribution < -0.4 is 11.5 Å². The first-order valence-electron chi connectivity index (χ1n) is 7.21. The van der Waals surface area contributed by atoms with E-state index in [1.165, 1.54) is 6.42 Å². The normalized spacial score (nSPS) is 28.3. The van der Waals surface area contributed by atoms with Gasteiger partial charge in [-0.1, -0.05) is 12.8 Å². The zero-order valence-electron chi connectivity index (χ0n) is 12.6. The van der Waals surface area contributed by atoms with Crippen LogP contribution in [0.3, 0.4) is 0 Å². The highest BCUT2D eigenvalue weighted by molar-refractivity contribution is 6.70.